The molecule has 0 bridgehead atoms. The van der Waals surface area contributed by atoms with E-state index < -0.39 is 6.29 Å². The van der Waals surface area contributed by atoms with Crippen LogP contribution in [-0.4, -0.2) is 40.5 Å². The largest absolute Gasteiger partial charge is 0.383 e. The third kappa shape index (κ3) is 4.16. The average molecular weight is 256 g/mol. The molecule has 104 valence electrons. The topological polar surface area (TPSA) is 62.0 Å². The van der Waals surface area contributed by atoms with E-state index in [1.165, 1.54) is 12.8 Å². The predicted molar refractivity (Wildman–Crippen MR) is 71.7 cm³/mol. The fourth-order valence-corrected chi connectivity index (χ4v) is 2.04. The molecule has 1 heterocycles. The Morgan fingerprint density at radius 2 is 1.89 bits per heavy atom. The van der Waals surface area contributed by atoms with Gasteiger partial charge >= 0.3 is 6.29 Å². The predicted octanol–water partition coefficient (Wildman–Crippen LogP) is 2.49. The molecule has 0 amide bonds. The number of rotatable bonds is 9. The van der Waals surface area contributed by atoms with Gasteiger partial charge in [-0.1, -0.05) is 39.5 Å². The fourth-order valence-electron chi connectivity index (χ4n) is 2.04. The van der Waals surface area contributed by atoms with Gasteiger partial charge in [-0.05, 0) is 12.8 Å². The van der Waals surface area contributed by atoms with Crippen molar-refractivity contribution in [1.82, 2.24) is 9.91 Å². The molecule has 0 saturated carbocycles. The van der Waals surface area contributed by atoms with Crippen LogP contribution in [0, 0.1) is 10.1 Å². The second-order valence-electron chi connectivity index (χ2n) is 4.68. The normalized spacial score (nSPS) is 18.7. The highest BCUT2D eigenvalue weighted by Gasteiger charge is 2.36. The molecule has 0 spiro atoms. The summed E-state index contributed by atoms with van der Waals surface area (Å²) in [7, 11) is 0. The van der Waals surface area contributed by atoms with Gasteiger partial charge in [0.1, 0.15) is 6.34 Å². The maximum Gasteiger partial charge on any atom is 0.383 e. The Hall–Kier alpha value is -1.33. The van der Waals surface area contributed by atoms with Crippen LogP contribution in [0.1, 0.15) is 52.4 Å². The second kappa shape index (κ2) is 7.89. The Balaban J connectivity index is 2.42. The van der Waals surface area contributed by atoms with Gasteiger partial charge in [-0.2, -0.15) is 5.10 Å². The molecule has 1 aliphatic rings. The van der Waals surface area contributed by atoms with Gasteiger partial charge in [0.25, 0.3) is 0 Å². The molecule has 0 N–H and O–H groups in total. The van der Waals surface area contributed by atoms with E-state index in [9.17, 15) is 10.1 Å². The van der Waals surface area contributed by atoms with Crippen LogP contribution < -0.4 is 0 Å². The first-order valence-electron chi connectivity index (χ1n) is 6.90. The molecule has 0 radical (unpaired) electrons. The van der Waals surface area contributed by atoms with E-state index in [0.29, 0.717) is 13.1 Å². The second-order valence-corrected chi connectivity index (χ2v) is 4.68. The maximum absolute atomic E-state index is 11.1. The lowest BCUT2D eigenvalue weighted by Crippen LogP contribution is -2.46. The summed E-state index contributed by atoms with van der Waals surface area (Å²) >= 11 is 0. The summed E-state index contributed by atoms with van der Waals surface area (Å²) in [5, 5.41) is 16.9. The quantitative estimate of drug-likeness (QED) is 0.361. The molecule has 1 atom stereocenters. The van der Waals surface area contributed by atoms with Gasteiger partial charge in [0.05, 0.1) is 4.92 Å². The van der Waals surface area contributed by atoms with Crippen LogP contribution in [-0.2, 0) is 0 Å². The molecular weight excluding hydrogens is 232 g/mol. The minimum absolute atomic E-state index is 0.248. The van der Waals surface area contributed by atoms with Crippen molar-refractivity contribution in [3.05, 3.63) is 10.1 Å². The van der Waals surface area contributed by atoms with E-state index in [0.717, 1.165) is 25.7 Å². The molecule has 0 aromatic rings. The van der Waals surface area contributed by atoms with Crippen molar-refractivity contribution in [2.45, 2.75) is 58.7 Å². The summed E-state index contributed by atoms with van der Waals surface area (Å²) in [6.45, 7) is 5.61. The lowest BCUT2D eigenvalue weighted by atomic mass is 10.2. The molecule has 6 heteroatoms. The molecule has 0 aromatic carbocycles. The Labute approximate surface area is 109 Å². The summed E-state index contributed by atoms with van der Waals surface area (Å²) in [6.07, 6.45) is 7.25. The zero-order chi connectivity index (χ0) is 13.4. The molecule has 0 fully saturated rings. The zero-order valence-electron chi connectivity index (χ0n) is 11.4. The van der Waals surface area contributed by atoms with Crippen molar-refractivity contribution >= 4 is 6.34 Å². The van der Waals surface area contributed by atoms with Crippen LogP contribution in [0.2, 0.25) is 0 Å². The molecule has 1 rings (SSSR count). The van der Waals surface area contributed by atoms with Crippen molar-refractivity contribution in [2.24, 2.45) is 5.10 Å². The van der Waals surface area contributed by atoms with Crippen molar-refractivity contribution in [1.29, 1.82) is 0 Å². The van der Waals surface area contributed by atoms with Gasteiger partial charge in [0.2, 0.25) is 0 Å². The standard InChI is InChI=1S/C12H24N4O2/c1-3-5-7-8-10-15-12(16(17)18)14(11-13-15)9-6-4-2/h11-12H,3-10H2,1-2H3. The Morgan fingerprint density at radius 1 is 1.17 bits per heavy atom. The van der Waals surface area contributed by atoms with Crippen molar-refractivity contribution < 1.29 is 4.92 Å². The van der Waals surface area contributed by atoms with Gasteiger partial charge < -0.3 is 0 Å². The van der Waals surface area contributed by atoms with Crippen molar-refractivity contribution in [3.8, 4) is 0 Å². The van der Waals surface area contributed by atoms with Gasteiger partial charge in [-0.3, -0.25) is 15.0 Å². The highest BCUT2D eigenvalue weighted by molar-refractivity contribution is 5.56. The number of unbranched alkanes of at least 4 members (excludes halogenated alkanes) is 4. The zero-order valence-corrected chi connectivity index (χ0v) is 11.4. The van der Waals surface area contributed by atoms with Crippen LogP contribution in [0.25, 0.3) is 0 Å². The van der Waals surface area contributed by atoms with Crippen LogP contribution in [0.5, 0.6) is 0 Å². The number of nitrogens with zero attached hydrogens (tertiary/aromatic N) is 4. The molecule has 0 aromatic heterocycles. The minimum Gasteiger partial charge on any atom is -0.279 e. The van der Waals surface area contributed by atoms with E-state index in [-0.39, 0.29) is 4.92 Å². The Bertz CT molecular complexity index is 283. The lowest BCUT2D eigenvalue weighted by Gasteiger charge is -2.22. The average Bonchev–Trinajstić information content (AvgIpc) is 2.75. The van der Waals surface area contributed by atoms with Crippen LogP contribution in [0.15, 0.2) is 5.10 Å². The molecular formula is C12H24N4O2. The van der Waals surface area contributed by atoms with Crippen LogP contribution >= 0.6 is 0 Å². The van der Waals surface area contributed by atoms with Crippen LogP contribution in [0.4, 0.5) is 0 Å². The lowest BCUT2D eigenvalue weighted by molar-refractivity contribution is -0.570. The van der Waals surface area contributed by atoms with Gasteiger partial charge in [-0.25, -0.2) is 5.01 Å². The van der Waals surface area contributed by atoms with Crippen molar-refractivity contribution in [2.75, 3.05) is 13.1 Å². The van der Waals surface area contributed by atoms with Crippen molar-refractivity contribution in [3.63, 3.8) is 0 Å². The fraction of sp³-hybridized carbons (Fsp3) is 0.917. The number of hydrazone groups is 1. The van der Waals surface area contributed by atoms with E-state index in [2.05, 4.69) is 18.9 Å². The number of nitro groups is 1. The highest BCUT2D eigenvalue weighted by atomic mass is 16.6. The maximum atomic E-state index is 11.1. The molecule has 6 nitrogen and oxygen atoms in total. The summed E-state index contributed by atoms with van der Waals surface area (Å²) in [5.74, 6) is 0. The number of hydrogen-bond donors (Lipinski definition) is 0. The SMILES string of the molecule is CCCCCCN1N=CN(CCCC)C1[N+](=O)[O-]. The van der Waals surface area contributed by atoms with Gasteiger partial charge in [0.15, 0.2) is 0 Å². The molecule has 1 aliphatic heterocycles. The molecule has 0 saturated heterocycles. The third-order valence-corrected chi connectivity index (χ3v) is 3.11. The van der Waals surface area contributed by atoms with Crippen LogP contribution in [0.3, 0.4) is 0 Å². The van der Waals surface area contributed by atoms with Gasteiger partial charge in [0, 0.05) is 13.1 Å². The first-order valence-corrected chi connectivity index (χ1v) is 6.90. The Morgan fingerprint density at radius 3 is 2.50 bits per heavy atom. The molecule has 0 aliphatic carbocycles. The Kier molecular flexibility index (Phi) is 6.46. The van der Waals surface area contributed by atoms with E-state index >= 15 is 0 Å². The summed E-state index contributed by atoms with van der Waals surface area (Å²) in [5.41, 5.74) is 0. The first-order chi connectivity index (χ1) is 8.70. The van der Waals surface area contributed by atoms with E-state index in [1.807, 2.05) is 0 Å². The molecule has 18 heavy (non-hydrogen) atoms. The summed E-state index contributed by atoms with van der Waals surface area (Å²) in [6, 6.07) is 0. The first kappa shape index (κ1) is 14.7. The monoisotopic (exact) mass is 256 g/mol. The minimum atomic E-state index is -0.793. The summed E-state index contributed by atoms with van der Waals surface area (Å²) in [4.78, 5) is 12.6. The van der Waals surface area contributed by atoms with E-state index in [4.69, 9.17) is 0 Å². The highest BCUT2D eigenvalue weighted by Crippen LogP contribution is 2.15. The smallest absolute Gasteiger partial charge is 0.279 e. The van der Waals surface area contributed by atoms with Gasteiger partial charge in [-0.15, -0.1) is 0 Å². The number of hydrogen-bond acceptors (Lipinski definition) is 5. The third-order valence-electron chi connectivity index (χ3n) is 3.11. The summed E-state index contributed by atoms with van der Waals surface area (Å²) < 4.78 is 0. The molecule has 1 unspecified atom stereocenters. The van der Waals surface area contributed by atoms with E-state index in [1.54, 1.807) is 16.2 Å².